The van der Waals surface area contributed by atoms with Crippen molar-refractivity contribution < 1.29 is 13.2 Å². The molecular weight excluding hydrogens is 442 g/mol. The fraction of sp³-hybridized carbons (Fsp3) is 0.364. The van der Waals surface area contributed by atoms with Gasteiger partial charge in [-0.3, -0.25) is 14.1 Å². The topological polar surface area (TPSA) is 146 Å². The Morgan fingerprint density at radius 2 is 2.18 bits per heavy atom. The van der Waals surface area contributed by atoms with Gasteiger partial charge in [0, 0.05) is 30.6 Å². The highest BCUT2D eigenvalue weighted by atomic mass is 32.2. The second kappa shape index (κ2) is 8.80. The van der Waals surface area contributed by atoms with E-state index in [2.05, 4.69) is 21.4 Å². The normalized spacial score (nSPS) is 17.1. The van der Waals surface area contributed by atoms with E-state index in [1.54, 1.807) is 35.0 Å². The minimum absolute atomic E-state index is 0.0886. The zero-order valence-electron chi connectivity index (χ0n) is 18.4. The number of hydrogen-bond donors (Lipinski definition) is 2. The Hall–Kier alpha value is -3.49. The largest absolute Gasteiger partial charge is 0.381 e. The van der Waals surface area contributed by atoms with Crippen molar-refractivity contribution >= 4 is 27.2 Å². The molecule has 0 aliphatic carbocycles. The van der Waals surface area contributed by atoms with Crippen LogP contribution in [0.2, 0.25) is 0 Å². The van der Waals surface area contributed by atoms with Gasteiger partial charge in [-0.15, -0.1) is 0 Å². The first-order chi connectivity index (χ1) is 15.7. The highest BCUT2D eigenvalue weighted by Crippen LogP contribution is 2.28. The number of nitriles is 1. The maximum absolute atomic E-state index is 13.0. The molecule has 10 nitrogen and oxygen atoms in total. The SMILES string of the molecule is Cc1ccc(S(C)(=O)=O)cc1-c1cnc2c(N)nc(C(=O)NC3CCCN(CC#N)C3)cn12. The molecule has 3 aromatic rings. The molecule has 1 atom stereocenters. The second-order valence-corrected chi connectivity index (χ2v) is 10.3. The molecule has 2 aromatic heterocycles. The van der Waals surface area contributed by atoms with E-state index in [9.17, 15) is 13.2 Å². The van der Waals surface area contributed by atoms with Crippen LogP contribution in [-0.2, 0) is 9.84 Å². The molecule has 1 fully saturated rings. The van der Waals surface area contributed by atoms with Crippen molar-refractivity contribution in [2.24, 2.45) is 0 Å². The van der Waals surface area contributed by atoms with Crippen molar-refractivity contribution in [2.45, 2.75) is 30.7 Å². The van der Waals surface area contributed by atoms with Crippen molar-refractivity contribution in [3.63, 3.8) is 0 Å². The third-order valence-electron chi connectivity index (χ3n) is 5.80. The molecule has 1 unspecified atom stereocenters. The molecule has 1 saturated heterocycles. The standard InChI is InChI=1S/C22H25N7O3S/c1-14-5-6-16(33(2,31)32)10-17(14)19-11-25-21-20(24)27-18(13-29(19)21)22(30)26-15-4-3-8-28(12-15)9-7-23/h5-6,10-11,13,15H,3-4,8-9,12H2,1-2H3,(H2,24,27)(H,26,30). The summed E-state index contributed by atoms with van der Waals surface area (Å²) in [4.78, 5) is 23.7. The summed E-state index contributed by atoms with van der Waals surface area (Å²) in [5.41, 5.74) is 8.74. The number of amides is 1. The number of piperidine rings is 1. The number of carbonyl (C=O) groups is 1. The van der Waals surface area contributed by atoms with Gasteiger partial charge in [0.15, 0.2) is 21.3 Å². The third-order valence-corrected chi connectivity index (χ3v) is 6.91. The lowest BCUT2D eigenvalue weighted by molar-refractivity contribution is 0.0903. The number of nitrogens with one attached hydrogen (secondary N) is 1. The summed E-state index contributed by atoms with van der Waals surface area (Å²) in [5.74, 6) is -0.269. The van der Waals surface area contributed by atoms with Crippen LogP contribution in [0, 0.1) is 18.3 Å². The Morgan fingerprint density at radius 1 is 1.39 bits per heavy atom. The number of nitrogens with two attached hydrogens (primary N) is 1. The van der Waals surface area contributed by atoms with Gasteiger partial charge in [-0.05, 0) is 44.0 Å². The van der Waals surface area contributed by atoms with Crippen molar-refractivity contribution in [2.75, 3.05) is 31.6 Å². The summed E-state index contributed by atoms with van der Waals surface area (Å²) in [6.07, 6.45) is 6.02. The number of anilines is 1. The van der Waals surface area contributed by atoms with Crippen LogP contribution in [0.25, 0.3) is 16.9 Å². The summed E-state index contributed by atoms with van der Waals surface area (Å²) in [6.45, 7) is 3.63. The van der Waals surface area contributed by atoms with E-state index in [1.165, 1.54) is 0 Å². The molecule has 3 heterocycles. The minimum atomic E-state index is -3.40. The van der Waals surface area contributed by atoms with Crippen molar-refractivity contribution in [3.8, 4) is 17.3 Å². The first-order valence-corrected chi connectivity index (χ1v) is 12.4. The number of nitrogen functional groups attached to an aromatic ring is 1. The Balaban J connectivity index is 1.69. The molecule has 3 N–H and O–H groups in total. The molecule has 4 rings (SSSR count). The van der Waals surface area contributed by atoms with Crippen LogP contribution in [0.3, 0.4) is 0 Å². The number of fused-ring (bicyclic) bond motifs is 1. The zero-order chi connectivity index (χ0) is 23.8. The smallest absolute Gasteiger partial charge is 0.271 e. The lowest BCUT2D eigenvalue weighted by Crippen LogP contribution is -2.47. The maximum Gasteiger partial charge on any atom is 0.271 e. The molecule has 172 valence electrons. The first-order valence-electron chi connectivity index (χ1n) is 10.5. The molecule has 1 amide bonds. The van der Waals surface area contributed by atoms with E-state index in [1.807, 2.05) is 11.8 Å². The number of rotatable bonds is 5. The minimum Gasteiger partial charge on any atom is -0.381 e. The summed E-state index contributed by atoms with van der Waals surface area (Å²) in [7, 11) is -3.40. The predicted molar refractivity (Wildman–Crippen MR) is 123 cm³/mol. The zero-order valence-corrected chi connectivity index (χ0v) is 19.3. The lowest BCUT2D eigenvalue weighted by atomic mass is 10.1. The molecular formula is C22H25N7O3S. The van der Waals surface area contributed by atoms with Gasteiger partial charge < -0.3 is 11.1 Å². The fourth-order valence-electron chi connectivity index (χ4n) is 4.10. The van der Waals surface area contributed by atoms with Gasteiger partial charge in [-0.25, -0.2) is 18.4 Å². The highest BCUT2D eigenvalue weighted by molar-refractivity contribution is 7.90. The van der Waals surface area contributed by atoms with Crippen LogP contribution in [0.1, 0.15) is 28.9 Å². The summed E-state index contributed by atoms with van der Waals surface area (Å²) in [6, 6.07) is 6.95. The van der Waals surface area contributed by atoms with Crippen LogP contribution in [0.5, 0.6) is 0 Å². The molecule has 0 bridgehead atoms. The molecule has 1 aromatic carbocycles. The molecule has 0 saturated carbocycles. The van der Waals surface area contributed by atoms with Gasteiger partial charge in [0.25, 0.3) is 5.91 Å². The Bertz CT molecular complexity index is 1370. The van der Waals surface area contributed by atoms with Crippen LogP contribution in [0.15, 0.2) is 35.5 Å². The quantitative estimate of drug-likeness (QED) is 0.536. The number of aryl methyl sites for hydroxylation is 1. The highest BCUT2D eigenvalue weighted by Gasteiger charge is 2.23. The molecule has 1 aliphatic rings. The van der Waals surface area contributed by atoms with Gasteiger partial charge in [0.2, 0.25) is 0 Å². The van der Waals surface area contributed by atoms with Gasteiger partial charge in [-0.2, -0.15) is 5.26 Å². The number of nitrogens with zero attached hydrogens (tertiary/aromatic N) is 5. The van der Waals surface area contributed by atoms with E-state index in [4.69, 9.17) is 11.0 Å². The molecule has 33 heavy (non-hydrogen) atoms. The van der Waals surface area contributed by atoms with E-state index in [-0.39, 0.29) is 28.4 Å². The average Bonchev–Trinajstić information content (AvgIpc) is 3.18. The van der Waals surface area contributed by atoms with Crippen LogP contribution in [0.4, 0.5) is 5.82 Å². The summed E-state index contributed by atoms with van der Waals surface area (Å²) in [5, 5.41) is 11.9. The Labute approximate surface area is 192 Å². The van der Waals surface area contributed by atoms with Gasteiger partial charge in [0.1, 0.15) is 5.69 Å². The van der Waals surface area contributed by atoms with E-state index < -0.39 is 9.84 Å². The van der Waals surface area contributed by atoms with E-state index in [0.717, 1.165) is 31.2 Å². The Kier molecular flexibility index (Phi) is 6.05. The molecule has 0 spiro atoms. The van der Waals surface area contributed by atoms with Crippen molar-refractivity contribution in [1.82, 2.24) is 24.6 Å². The van der Waals surface area contributed by atoms with Crippen LogP contribution < -0.4 is 11.1 Å². The molecule has 11 heteroatoms. The predicted octanol–water partition coefficient (Wildman–Crippen LogP) is 1.41. The fourth-order valence-corrected chi connectivity index (χ4v) is 4.75. The van der Waals surface area contributed by atoms with E-state index in [0.29, 0.717) is 30.0 Å². The average molecular weight is 468 g/mol. The number of likely N-dealkylation sites (tertiary alicyclic amines) is 1. The lowest BCUT2D eigenvalue weighted by Gasteiger charge is -2.31. The summed E-state index contributed by atoms with van der Waals surface area (Å²) < 4.78 is 25.8. The number of hydrogen-bond acceptors (Lipinski definition) is 8. The third kappa shape index (κ3) is 4.67. The van der Waals surface area contributed by atoms with Crippen LogP contribution >= 0.6 is 0 Å². The number of sulfone groups is 1. The summed E-state index contributed by atoms with van der Waals surface area (Å²) >= 11 is 0. The Morgan fingerprint density at radius 3 is 2.91 bits per heavy atom. The molecule has 0 radical (unpaired) electrons. The number of carbonyl (C=O) groups excluding carboxylic acids is 1. The first kappa shape index (κ1) is 22.7. The van der Waals surface area contributed by atoms with Crippen LogP contribution in [-0.4, -0.2) is 65.5 Å². The maximum atomic E-state index is 13.0. The number of benzene rings is 1. The second-order valence-electron chi connectivity index (χ2n) is 8.30. The number of aromatic nitrogens is 3. The van der Waals surface area contributed by atoms with Crippen molar-refractivity contribution in [3.05, 3.63) is 41.9 Å². The van der Waals surface area contributed by atoms with E-state index >= 15 is 0 Å². The molecule has 1 aliphatic heterocycles. The monoisotopic (exact) mass is 467 g/mol. The number of imidazole rings is 1. The van der Waals surface area contributed by atoms with Gasteiger partial charge in [-0.1, -0.05) is 6.07 Å². The van der Waals surface area contributed by atoms with Crippen molar-refractivity contribution in [1.29, 1.82) is 5.26 Å². The van der Waals surface area contributed by atoms with Gasteiger partial charge in [0.05, 0.1) is 29.4 Å². The van der Waals surface area contributed by atoms with Gasteiger partial charge >= 0.3 is 0 Å².